The van der Waals surface area contributed by atoms with Crippen LogP contribution in [0.2, 0.25) is 0 Å². The van der Waals surface area contributed by atoms with Crippen molar-refractivity contribution in [3.63, 3.8) is 0 Å². The standard InChI is InChI=1S/C12H13BrO3/c13-4-5-15-11-3-1-2-10(8-11)12-9-14-6-7-16-12/h3,6-9H,1-2,4-5H2. The molecule has 0 amide bonds. The van der Waals surface area contributed by atoms with Crippen molar-refractivity contribution in [2.24, 2.45) is 0 Å². The highest BCUT2D eigenvalue weighted by atomic mass is 79.9. The Balaban J connectivity index is 2.02. The molecule has 1 heterocycles. The molecule has 86 valence electrons. The lowest BCUT2D eigenvalue weighted by Crippen LogP contribution is -2.03. The Kier molecular flexibility index (Phi) is 4.10. The molecule has 2 rings (SSSR count). The smallest absolute Gasteiger partial charge is 0.164 e. The van der Waals surface area contributed by atoms with Crippen molar-refractivity contribution in [3.8, 4) is 0 Å². The Bertz CT molecular complexity index is 366. The fourth-order valence-electron chi connectivity index (χ4n) is 1.54. The molecule has 1 aliphatic carbocycles. The van der Waals surface area contributed by atoms with E-state index < -0.39 is 0 Å². The first-order valence-corrected chi connectivity index (χ1v) is 6.29. The van der Waals surface area contributed by atoms with Crippen LogP contribution in [0.5, 0.6) is 0 Å². The molecular weight excluding hydrogens is 272 g/mol. The Hall–Kier alpha value is -1.16. The molecule has 0 radical (unpaired) electrons. The Morgan fingerprint density at radius 1 is 1.38 bits per heavy atom. The molecule has 0 aromatic heterocycles. The van der Waals surface area contributed by atoms with Gasteiger partial charge in [0.15, 0.2) is 5.76 Å². The molecule has 3 nitrogen and oxygen atoms in total. The molecule has 0 aromatic carbocycles. The van der Waals surface area contributed by atoms with Crippen LogP contribution in [0.15, 0.2) is 48.0 Å². The summed E-state index contributed by atoms with van der Waals surface area (Å²) in [5.74, 6) is 1.66. The molecule has 0 saturated carbocycles. The molecule has 0 N–H and O–H groups in total. The molecule has 0 fully saturated rings. The summed E-state index contributed by atoms with van der Waals surface area (Å²) < 4.78 is 16.0. The largest absolute Gasteiger partial charge is 0.493 e. The molecule has 2 aliphatic rings. The summed E-state index contributed by atoms with van der Waals surface area (Å²) in [7, 11) is 0. The van der Waals surface area contributed by atoms with Gasteiger partial charge in [0.1, 0.15) is 24.5 Å². The molecule has 0 aromatic rings. The van der Waals surface area contributed by atoms with Crippen molar-refractivity contribution in [3.05, 3.63) is 48.0 Å². The Morgan fingerprint density at radius 2 is 2.31 bits per heavy atom. The monoisotopic (exact) mass is 284 g/mol. The van der Waals surface area contributed by atoms with Crippen LogP contribution in [0.3, 0.4) is 0 Å². The van der Waals surface area contributed by atoms with Crippen LogP contribution in [0, 0.1) is 0 Å². The molecule has 0 atom stereocenters. The van der Waals surface area contributed by atoms with E-state index in [4.69, 9.17) is 14.2 Å². The Labute approximate surface area is 103 Å². The van der Waals surface area contributed by atoms with Gasteiger partial charge < -0.3 is 14.2 Å². The van der Waals surface area contributed by atoms with Crippen LogP contribution < -0.4 is 0 Å². The lowest BCUT2D eigenvalue weighted by atomic mass is 10.0. The molecular formula is C12H13BrO3. The second-order valence-corrected chi connectivity index (χ2v) is 4.15. The number of hydrogen-bond acceptors (Lipinski definition) is 3. The molecule has 0 bridgehead atoms. The summed E-state index contributed by atoms with van der Waals surface area (Å²) in [6, 6.07) is 0. The van der Waals surface area contributed by atoms with Gasteiger partial charge in [-0.15, -0.1) is 0 Å². The van der Waals surface area contributed by atoms with Gasteiger partial charge in [0.25, 0.3) is 0 Å². The van der Waals surface area contributed by atoms with E-state index in [0.717, 1.165) is 35.3 Å². The second-order valence-electron chi connectivity index (χ2n) is 3.36. The summed E-state index contributed by atoms with van der Waals surface area (Å²) in [6.45, 7) is 0.673. The van der Waals surface area contributed by atoms with Gasteiger partial charge in [0, 0.05) is 10.9 Å². The lowest BCUT2D eigenvalue weighted by molar-refractivity contribution is 0.240. The van der Waals surface area contributed by atoms with Gasteiger partial charge in [-0.25, -0.2) is 0 Å². The average molecular weight is 285 g/mol. The predicted molar refractivity (Wildman–Crippen MR) is 64.5 cm³/mol. The quantitative estimate of drug-likeness (QED) is 0.741. The van der Waals surface area contributed by atoms with E-state index in [1.165, 1.54) is 12.5 Å². The van der Waals surface area contributed by atoms with Gasteiger partial charge >= 0.3 is 0 Å². The third kappa shape index (κ3) is 2.92. The summed E-state index contributed by atoms with van der Waals surface area (Å²) >= 11 is 3.33. The lowest BCUT2D eigenvalue weighted by Gasteiger charge is -2.17. The first kappa shape index (κ1) is 11.3. The van der Waals surface area contributed by atoms with Gasteiger partial charge in [0.05, 0.1) is 6.61 Å². The summed E-state index contributed by atoms with van der Waals surface area (Å²) in [5, 5.41) is 0.832. The zero-order valence-electron chi connectivity index (χ0n) is 8.82. The van der Waals surface area contributed by atoms with Crippen LogP contribution in [-0.2, 0) is 14.2 Å². The van der Waals surface area contributed by atoms with Crippen molar-refractivity contribution < 1.29 is 14.2 Å². The third-order valence-electron chi connectivity index (χ3n) is 2.24. The van der Waals surface area contributed by atoms with Crippen molar-refractivity contribution in [2.75, 3.05) is 11.9 Å². The summed E-state index contributed by atoms with van der Waals surface area (Å²) in [6.07, 6.45) is 10.7. The number of ether oxygens (including phenoxy) is 3. The molecule has 16 heavy (non-hydrogen) atoms. The minimum absolute atomic E-state index is 0.673. The third-order valence-corrected chi connectivity index (χ3v) is 2.57. The van der Waals surface area contributed by atoms with Crippen LogP contribution >= 0.6 is 15.9 Å². The second kappa shape index (κ2) is 5.80. The number of rotatable bonds is 4. The van der Waals surface area contributed by atoms with E-state index in [9.17, 15) is 0 Å². The van der Waals surface area contributed by atoms with E-state index in [2.05, 4.69) is 22.0 Å². The topological polar surface area (TPSA) is 27.7 Å². The van der Waals surface area contributed by atoms with E-state index in [-0.39, 0.29) is 0 Å². The van der Waals surface area contributed by atoms with E-state index in [1.807, 2.05) is 6.08 Å². The highest BCUT2D eigenvalue weighted by Gasteiger charge is 2.13. The number of halogens is 1. The fraction of sp³-hybridized carbons (Fsp3) is 0.333. The maximum atomic E-state index is 5.55. The van der Waals surface area contributed by atoms with Crippen LogP contribution in [0.4, 0.5) is 0 Å². The maximum absolute atomic E-state index is 5.55. The SMILES string of the molecule is BrCCOC1=CCCC(C2=COC=CO2)=C1. The van der Waals surface area contributed by atoms with Crippen molar-refractivity contribution in [1.82, 2.24) is 0 Å². The Morgan fingerprint density at radius 3 is 3.06 bits per heavy atom. The van der Waals surface area contributed by atoms with Gasteiger partial charge in [-0.3, -0.25) is 0 Å². The highest BCUT2D eigenvalue weighted by molar-refractivity contribution is 9.09. The molecule has 0 spiro atoms. The van der Waals surface area contributed by atoms with Gasteiger partial charge in [-0.2, -0.15) is 0 Å². The van der Waals surface area contributed by atoms with Gasteiger partial charge in [0.2, 0.25) is 0 Å². The molecule has 0 saturated heterocycles. The zero-order chi connectivity index (χ0) is 11.2. The molecule has 1 aliphatic heterocycles. The minimum atomic E-state index is 0.673. The van der Waals surface area contributed by atoms with Crippen LogP contribution in [0.25, 0.3) is 0 Å². The number of hydrogen-bond donors (Lipinski definition) is 0. The highest BCUT2D eigenvalue weighted by Crippen LogP contribution is 2.26. The zero-order valence-corrected chi connectivity index (χ0v) is 10.4. The fourth-order valence-corrected chi connectivity index (χ4v) is 1.70. The van der Waals surface area contributed by atoms with Crippen LogP contribution in [-0.4, -0.2) is 11.9 Å². The van der Waals surface area contributed by atoms with E-state index >= 15 is 0 Å². The average Bonchev–Trinajstić information content (AvgIpc) is 2.38. The van der Waals surface area contributed by atoms with Crippen molar-refractivity contribution in [1.29, 1.82) is 0 Å². The minimum Gasteiger partial charge on any atom is -0.493 e. The first-order chi connectivity index (χ1) is 7.90. The predicted octanol–water partition coefficient (Wildman–Crippen LogP) is 3.36. The normalized spacial score (nSPS) is 18.9. The summed E-state index contributed by atoms with van der Waals surface area (Å²) in [5.41, 5.74) is 1.11. The van der Waals surface area contributed by atoms with Crippen molar-refractivity contribution >= 4 is 15.9 Å². The van der Waals surface area contributed by atoms with Crippen molar-refractivity contribution in [2.45, 2.75) is 12.8 Å². The van der Waals surface area contributed by atoms with Crippen LogP contribution in [0.1, 0.15) is 12.8 Å². The van der Waals surface area contributed by atoms with E-state index in [0.29, 0.717) is 6.61 Å². The van der Waals surface area contributed by atoms with Gasteiger partial charge in [-0.05, 0) is 25.0 Å². The number of allylic oxidation sites excluding steroid dienone is 3. The van der Waals surface area contributed by atoms with Gasteiger partial charge in [-0.1, -0.05) is 15.9 Å². The number of alkyl halides is 1. The summed E-state index contributed by atoms with van der Waals surface area (Å²) in [4.78, 5) is 0. The maximum Gasteiger partial charge on any atom is 0.164 e. The molecule has 0 unspecified atom stereocenters. The first-order valence-electron chi connectivity index (χ1n) is 5.17. The van der Waals surface area contributed by atoms with E-state index in [1.54, 1.807) is 6.26 Å². The molecule has 4 heteroatoms.